The average Bonchev–Trinajstić information content (AvgIpc) is 2.52. The number of amides is 1. The summed E-state index contributed by atoms with van der Waals surface area (Å²) < 4.78 is 0. The van der Waals surface area contributed by atoms with Crippen molar-refractivity contribution in [3.63, 3.8) is 0 Å². The Hall–Kier alpha value is -2.36. The first kappa shape index (κ1) is 14.6. The summed E-state index contributed by atoms with van der Waals surface area (Å²) in [5, 5.41) is 0. The summed E-state index contributed by atoms with van der Waals surface area (Å²) in [6, 6.07) is 6.17. The lowest BCUT2D eigenvalue weighted by atomic mass is 10.1. The zero-order valence-electron chi connectivity index (χ0n) is 14.0. The van der Waals surface area contributed by atoms with Crippen molar-refractivity contribution in [2.75, 3.05) is 23.9 Å². The van der Waals surface area contributed by atoms with Crippen molar-refractivity contribution in [3.8, 4) is 0 Å². The zero-order valence-corrected chi connectivity index (χ0v) is 14.0. The van der Waals surface area contributed by atoms with Gasteiger partial charge in [-0.3, -0.25) is 4.79 Å². The van der Waals surface area contributed by atoms with Crippen molar-refractivity contribution in [2.45, 2.75) is 27.7 Å². The molecule has 2 heterocycles. The smallest absolute Gasteiger partial charge is 0.262 e. The first-order valence-electron chi connectivity index (χ1n) is 7.42. The molecule has 0 saturated carbocycles. The molecule has 22 heavy (non-hydrogen) atoms. The minimum absolute atomic E-state index is 0.00569. The fourth-order valence-electron chi connectivity index (χ4n) is 3.04. The second-order valence-corrected chi connectivity index (χ2v) is 6.13. The van der Waals surface area contributed by atoms with Gasteiger partial charge in [0.25, 0.3) is 5.91 Å². The van der Waals surface area contributed by atoms with Crippen molar-refractivity contribution < 1.29 is 4.79 Å². The standard InChI is InChI=1S/C18H21N3O/c1-10-8-14-15(9-11(10)2)21(6)18(22)16-12(3)7-13(4)19-17(16)20(14)5/h7-9H,1-6H3. The second kappa shape index (κ2) is 4.83. The van der Waals surface area contributed by atoms with Crippen LogP contribution in [0.25, 0.3) is 0 Å². The maximum Gasteiger partial charge on any atom is 0.262 e. The number of pyridine rings is 1. The third kappa shape index (κ3) is 1.98. The molecule has 0 radical (unpaired) electrons. The largest absolute Gasteiger partial charge is 0.327 e. The molecule has 1 aromatic carbocycles. The van der Waals surface area contributed by atoms with Crippen LogP contribution in [0, 0.1) is 27.7 Å². The molecule has 1 aromatic heterocycles. The summed E-state index contributed by atoms with van der Waals surface area (Å²) in [6.07, 6.45) is 0. The van der Waals surface area contributed by atoms with Gasteiger partial charge in [0.2, 0.25) is 0 Å². The van der Waals surface area contributed by atoms with E-state index in [4.69, 9.17) is 0 Å². The van der Waals surface area contributed by atoms with Gasteiger partial charge in [-0.25, -0.2) is 4.98 Å². The van der Waals surface area contributed by atoms with Crippen LogP contribution >= 0.6 is 0 Å². The van der Waals surface area contributed by atoms with E-state index in [9.17, 15) is 4.79 Å². The van der Waals surface area contributed by atoms with Crippen molar-refractivity contribution in [1.82, 2.24) is 4.98 Å². The first-order valence-corrected chi connectivity index (χ1v) is 7.42. The number of nitrogens with zero attached hydrogens (tertiary/aromatic N) is 3. The number of hydrogen-bond donors (Lipinski definition) is 0. The topological polar surface area (TPSA) is 36.4 Å². The highest BCUT2D eigenvalue weighted by Crippen LogP contribution is 2.40. The fraction of sp³-hybridized carbons (Fsp3) is 0.333. The van der Waals surface area contributed by atoms with Gasteiger partial charge in [-0.1, -0.05) is 0 Å². The highest BCUT2D eigenvalue weighted by atomic mass is 16.2. The Kier molecular flexibility index (Phi) is 3.20. The molecule has 114 valence electrons. The van der Waals surface area contributed by atoms with Gasteiger partial charge in [0.15, 0.2) is 0 Å². The molecule has 1 amide bonds. The highest BCUT2D eigenvalue weighted by molar-refractivity contribution is 6.13. The number of fused-ring (bicyclic) bond motifs is 2. The Morgan fingerprint density at radius 2 is 1.36 bits per heavy atom. The van der Waals surface area contributed by atoms with Gasteiger partial charge >= 0.3 is 0 Å². The number of carbonyl (C=O) groups is 1. The summed E-state index contributed by atoms with van der Waals surface area (Å²) in [5.74, 6) is 0.727. The Balaban J connectivity index is 2.36. The molecular formula is C18H21N3O. The predicted molar refractivity (Wildman–Crippen MR) is 90.4 cm³/mol. The molecular weight excluding hydrogens is 274 g/mol. The van der Waals surface area contributed by atoms with E-state index in [2.05, 4.69) is 31.0 Å². The van der Waals surface area contributed by atoms with Gasteiger partial charge in [-0.2, -0.15) is 0 Å². The van der Waals surface area contributed by atoms with Crippen molar-refractivity contribution >= 4 is 23.1 Å². The van der Waals surface area contributed by atoms with Gasteiger partial charge in [0, 0.05) is 19.8 Å². The molecule has 0 fully saturated rings. The van der Waals surface area contributed by atoms with E-state index in [1.807, 2.05) is 38.9 Å². The number of aromatic nitrogens is 1. The number of carbonyl (C=O) groups excluding carboxylic acids is 1. The van der Waals surface area contributed by atoms with E-state index in [-0.39, 0.29) is 5.91 Å². The first-order chi connectivity index (χ1) is 10.3. The summed E-state index contributed by atoms with van der Waals surface area (Å²) in [7, 11) is 3.81. The SMILES string of the molecule is Cc1cc(C)c2c(n1)N(C)c1cc(C)c(C)cc1N(C)C2=O. The Bertz CT molecular complexity index is 795. The normalized spacial score (nSPS) is 13.8. The van der Waals surface area contributed by atoms with Crippen LogP contribution in [-0.2, 0) is 0 Å². The van der Waals surface area contributed by atoms with E-state index >= 15 is 0 Å². The van der Waals surface area contributed by atoms with Gasteiger partial charge in [-0.05, 0) is 62.6 Å². The second-order valence-electron chi connectivity index (χ2n) is 6.13. The molecule has 0 saturated heterocycles. The number of benzene rings is 1. The summed E-state index contributed by atoms with van der Waals surface area (Å²) in [6.45, 7) is 8.09. The third-order valence-electron chi connectivity index (χ3n) is 4.48. The average molecular weight is 295 g/mol. The Labute approximate surface area is 131 Å². The lowest BCUT2D eigenvalue weighted by molar-refractivity contribution is 0.0993. The van der Waals surface area contributed by atoms with E-state index in [1.165, 1.54) is 11.1 Å². The van der Waals surface area contributed by atoms with Gasteiger partial charge in [-0.15, -0.1) is 0 Å². The molecule has 0 unspecified atom stereocenters. The van der Waals surface area contributed by atoms with Crippen molar-refractivity contribution in [1.29, 1.82) is 0 Å². The third-order valence-corrected chi connectivity index (χ3v) is 4.48. The number of anilines is 3. The molecule has 0 N–H and O–H groups in total. The van der Waals surface area contributed by atoms with Gasteiger partial charge < -0.3 is 9.80 Å². The Morgan fingerprint density at radius 3 is 1.95 bits per heavy atom. The number of aryl methyl sites for hydroxylation is 4. The highest BCUT2D eigenvalue weighted by Gasteiger charge is 2.30. The molecule has 1 aliphatic heterocycles. The van der Waals surface area contributed by atoms with E-state index < -0.39 is 0 Å². The molecule has 3 rings (SSSR count). The molecule has 2 aromatic rings. The van der Waals surface area contributed by atoms with Gasteiger partial charge in [0.05, 0.1) is 16.9 Å². The quantitative estimate of drug-likeness (QED) is 0.744. The van der Waals surface area contributed by atoms with E-state index in [0.29, 0.717) is 5.56 Å². The maximum absolute atomic E-state index is 12.9. The number of hydrogen-bond acceptors (Lipinski definition) is 3. The summed E-state index contributed by atoms with van der Waals surface area (Å²) >= 11 is 0. The predicted octanol–water partition coefficient (Wildman–Crippen LogP) is 3.67. The van der Waals surface area contributed by atoms with Crippen LogP contribution in [0.15, 0.2) is 18.2 Å². The molecule has 0 atom stereocenters. The van der Waals surface area contributed by atoms with E-state index in [0.717, 1.165) is 28.5 Å². The minimum atomic E-state index is -0.00569. The van der Waals surface area contributed by atoms with Crippen LogP contribution in [-0.4, -0.2) is 25.0 Å². The molecule has 0 spiro atoms. The van der Waals surface area contributed by atoms with Crippen LogP contribution in [0.1, 0.15) is 32.7 Å². The summed E-state index contributed by atoms with van der Waals surface area (Å²) in [4.78, 5) is 21.3. The van der Waals surface area contributed by atoms with Crippen LogP contribution in [0.2, 0.25) is 0 Å². The van der Waals surface area contributed by atoms with Crippen molar-refractivity contribution in [3.05, 3.63) is 46.1 Å². The maximum atomic E-state index is 12.9. The molecule has 0 bridgehead atoms. The Morgan fingerprint density at radius 1 is 0.818 bits per heavy atom. The summed E-state index contributed by atoms with van der Waals surface area (Å²) in [5.41, 5.74) is 6.89. The lowest BCUT2D eigenvalue weighted by Gasteiger charge is -2.23. The molecule has 4 heteroatoms. The van der Waals surface area contributed by atoms with Crippen molar-refractivity contribution in [2.24, 2.45) is 0 Å². The lowest BCUT2D eigenvalue weighted by Crippen LogP contribution is -2.26. The van der Waals surface area contributed by atoms with Crippen LogP contribution in [0.4, 0.5) is 17.2 Å². The molecule has 0 aliphatic carbocycles. The van der Waals surface area contributed by atoms with Crippen LogP contribution in [0.5, 0.6) is 0 Å². The zero-order chi connectivity index (χ0) is 16.2. The van der Waals surface area contributed by atoms with Crippen LogP contribution < -0.4 is 9.80 Å². The molecule has 4 nitrogen and oxygen atoms in total. The van der Waals surface area contributed by atoms with Gasteiger partial charge in [0.1, 0.15) is 5.82 Å². The minimum Gasteiger partial charge on any atom is -0.327 e. The van der Waals surface area contributed by atoms with E-state index in [1.54, 1.807) is 4.90 Å². The molecule has 1 aliphatic rings. The number of rotatable bonds is 0. The monoisotopic (exact) mass is 295 g/mol. The fourth-order valence-corrected chi connectivity index (χ4v) is 3.04. The van der Waals surface area contributed by atoms with Crippen LogP contribution in [0.3, 0.4) is 0 Å².